The first-order valence-corrected chi connectivity index (χ1v) is 11.9. The zero-order chi connectivity index (χ0) is 24.4. The van der Waals surface area contributed by atoms with Crippen LogP contribution in [0.15, 0.2) is 60.7 Å². The van der Waals surface area contributed by atoms with E-state index in [1.54, 1.807) is 7.11 Å². The topological polar surface area (TPSA) is 95.7 Å². The molecule has 2 aromatic heterocycles. The number of aromatic nitrogens is 3. The molecular formula is C26H23N3O5S. The third kappa shape index (κ3) is 4.50. The largest absolute Gasteiger partial charge is 0.512 e. The summed E-state index contributed by atoms with van der Waals surface area (Å²) in [6.45, 7) is 3.01. The van der Waals surface area contributed by atoms with E-state index in [0.29, 0.717) is 30.2 Å². The molecule has 178 valence electrons. The summed E-state index contributed by atoms with van der Waals surface area (Å²) in [6, 6.07) is 19.1. The molecule has 0 unspecified atom stereocenters. The summed E-state index contributed by atoms with van der Waals surface area (Å²) >= 11 is 1.16. The van der Waals surface area contributed by atoms with Crippen LogP contribution in [0.25, 0.3) is 33.1 Å². The van der Waals surface area contributed by atoms with E-state index < -0.39 is 6.16 Å². The summed E-state index contributed by atoms with van der Waals surface area (Å²) in [7, 11) is 1.60. The van der Waals surface area contributed by atoms with Crippen molar-refractivity contribution in [3.63, 3.8) is 0 Å². The Hall–Kier alpha value is -4.11. The number of rotatable bonds is 8. The van der Waals surface area contributed by atoms with Crippen molar-refractivity contribution in [1.82, 2.24) is 13.3 Å². The second-order valence-corrected chi connectivity index (χ2v) is 8.51. The molecule has 0 aliphatic heterocycles. The van der Waals surface area contributed by atoms with E-state index in [4.69, 9.17) is 14.2 Å². The standard InChI is InChI=1S/C26H23N3O5S/c1-3-12-33-19-9-10-20-23(14-19)29(15-16-4-11-21-22(13-16)28-35-27-21)25(34-26(30)31)24(20)17-5-7-18(32-2)8-6-17/h4-11,13-14H,3,12,15H2,1-2H3,(H,30,31). The van der Waals surface area contributed by atoms with E-state index in [0.717, 1.165) is 51.2 Å². The first kappa shape index (κ1) is 22.7. The van der Waals surface area contributed by atoms with Gasteiger partial charge in [-0.05, 0) is 53.9 Å². The molecule has 2 heterocycles. The van der Waals surface area contributed by atoms with Gasteiger partial charge in [-0.2, -0.15) is 8.75 Å². The van der Waals surface area contributed by atoms with Gasteiger partial charge >= 0.3 is 6.16 Å². The molecular weight excluding hydrogens is 466 g/mol. The Kier molecular flexibility index (Phi) is 6.24. The van der Waals surface area contributed by atoms with E-state index in [9.17, 15) is 9.90 Å². The predicted molar refractivity (Wildman–Crippen MR) is 135 cm³/mol. The molecule has 3 aromatic carbocycles. The highest BCUT2D eigenvalue weighted by atomic mass is 32.1. The van der Waals surface area contributed by atoms with Crippen LogP contribution in [0.4, 0.5) is 4.79 Å². The van der Waals surface area contributed by atoms with E-state index in [2.05, 4.69) is 8.75 Å². The van der Waals surface area contributed by atoms with E-state index in [1.165, 1.54) is 0 Å². The van der Waals surface area contributed by atoms with Crippen molar-refractivity contribution in [3.8, 4) is 28.5 Å². The van der Waals surface area contributed by atoms with Gasteiger partial charge < -0.3 is 23.9 Å². The lowest BCUT2D eigenvalue weighted by Gasteiger charge is -2.12. The van der Waals surface area contributed by atoms with Crippen LogP contribution in [-0.4, -0.2) is 38.3 Å². The third-order valence-corrected chi connectivity index (χ3v) is 6.24. The van der Waals surface area contributed by atoms with Crippen LogP contribution in [0.5, 0.6) is 17.4 Å². The predicted octanol–water partition coefficient (Wildman–Crippen LogP) is 6.22. The number of carboxylic acid groups (broad SMARTS) is 1. The lowest BCUT2D eigenvalue weighted by Crippen LogP contribution is -2.10. The number of methoxy groups -OCH3 is 1. The lowest BCUT2D eigenvalue weighted by molar-refractivity contribution is 0.141. The van der Waals surface area contributed by atoms with Crippen LogP contribution in [0.3, 0.4) is 0 Å². The van der Waals surface area contributed by atoms with Gasteiger partial charge in [0, 0.05) is 11.5 Å². The van der Waals surface area contributed by atoms with Gasteiger partial charge in [-0.25, -0.2) is 4.79 Å². The Morgan fingerprint density at radius 3 is 2.51 bits per heavy atom. The highest BCUT2D eigenvalue weighted by molar-refractivity contribution is 7.00. The molecule has 0 bridgehead atoms. The third-order valence-electron chi connectivity index (χ3n) is 5.68. The summed E-state index contributed by atoms with van der Waals surface area (Å²) in [6.07, 6.45) is -0.504. The van der Waals surface area contributed by atoms with Gasteiger partial charge in [-0.3, -0.25) is 0 Å². The van der Waals surface area contributed by atoms with Crippen molar-refractivity contribution in [2.75, 3.05) is 13.7 Å². The number of ether oxygens (including phenoxy) is 3. The van der Waals surface area contributed by atoms with Crippen LogP contribution < -0.4 is 14.2 Å². The van der Waals surface area contributed by atoms with Crippen LogP contribution in [0, 0.1) is 0 Å². The monoisotopic (exact) mass is 489 g/mol. The molecule has 0 saturated heterocycles. The maximum absolute atomic E-state index is 11.8. The van der Waals surface area contributed by atoms with Gasteiger partial charge in [0.25, 0.3) is 0 Å². The highest BCUT2D eigenvalue weighted by Gasteiger charge is 2.23. The summed E-state index contributed by atoms with van der Waals surface area (Å²) < 4.78 is 27.1. The molecule has 0 aliphatic rings. The molecule has 0 spiro atoms. The zero-order valence-corrected chi connectivity index (χ0v) is 20.0. The smallest absolute Gasteiger partial charge is 0.497 e. The molecule has 35 heavy (non-hydrogen) atoms. The average molecular weight is 490 g/mol. The molecule has 0 atom stereocenters. The maximum atomic E-state index is 11.8. The van der Waals surface area contributed by atoms with Gasteiger partial charge in [-0.15, -0.1) is 0 Å². The van der Waals surface area contributed by atoms with Gasteiger partial charge in [0.2, 0.25) is 5.88 Å². The molecule has 0 radical (unpaired) electrons. The zero-order valence-electron chi connectivity index (χ0n) is 19.2. The van der Waals surface area contributed by atoms with E-state index >= 15 is 0 Å². The highest BCUT2D eigenvalue weighted by Crippen LogP contribution is 2.42. The van der Waals surface area contributed by atoms with Crippen molar-refractivity contribution >= 4 is 39.8 Å². The fourth-order valence-corrected chi connectivity index (χ4v) is 4.62. The van der Waals surface area contributed by atoms with Gasteiger partial charge in [-0.1, -0.05) is 25.1 Å². The fraction of sp³-hybridized carbons (Fsp3) is 0.192. The lowest BCUT2D eigenvalue weighted by atomic mass is 10.0. The number of hydrogen-bond donors (Lipinski definition) is 1. The Bertz CT molecular complexity index is 1510. The minimum absolute atomic E-state index is 0.238. The average Bonchev–Trinajstić information content (AvgIpc) is 3.45. The summed E-state index contributed by atoms with van der Waals surface area (Å²) in [4.78, 5) is 11.8. The summed E-state index contributed by atoms with van der Waals surface area (Å²) in [5.74, 6) is 1.65. The number of hydrogen-bond acceptors (Lipinski definition) is 7. The minimum atomic E-state index is -1.38. The molecule has 9 heteroatoms. The number of carbonyl (C=O) groups is 1. The second-order valence-electron chi connectivity index (χ2n) is 7.98. The van der Waals surface area contributed by atoms with Crippen molar-refractivity contribution in [1.29, 1.82) is 0 Å². The van der Waals surface area contributed by atoms with E-state index in [1.807, 2.05) is 72.2 Å². The van der Waals surface area contributed by atoms with Crippen LogP contribution in [-0.2, 0) is 6.54 Å². The number of nitrogens with zero attached hydrogens (tertiary/aromatic N) is 3. The Morgan fingerprint density at radius 1 is 1.00 bits per heavy atom. The van der Waals surface area contributed by atoms with Gasteiger partial charge in [0.15, 0.2) is 0 Å². The van der Waals surface area contributed by atoms with Crippen LogP contribution in [0.2, 0.25) is 0 Å². The molecule has 0 amide bonds. The van der Waals surface area contributed by atoms with Gasteiger partial charge in [0.1, 0.15) is 22.5 Å². The molecule has 8 nitrogen and oxygen atoms in total. The number of fused-ring (bicyclic) bond motifs is 2. The fourth-order valence-electron chi connectivity index (χ4n) is 4.11. The maximum Gasteiger partial charge on any atom is 0.512 e. The number of benzene rings is 3. The Labute approximate surface area is 205 Å². The summed E-state index contributed by atoms with van der Waals surface area (Å²) in [5, 5.41) is 10.5. The van der Waals surface area contributed by atoms with Crippen molar-refractivity contribution in [2.45, 2.75) is 19.9 Å². The van der Waals surface area contributed by atoms with Crippen LogP contribution in [0.1, 0.15) is 18.9 Å². The minimum Gasteiger partial charge on any atom is -0.497 e. The molecule has 0 saturated carbocycles. The Balaban J connectivity index is 1.72. The molecule has 1 N–H and O–H groups in total. The Morgan fingerprint density at radius 2 is 1.77 bits per heavy atom. The SMILES string of the molecule is CCCOc1ccc2c(-c3ccc(OC)cc3)c(OC(=O)O)n(Cc3ccc4nsnc4c3)c2c1. The first-order chi connectivity index (χ1) is 17.1. The van der Waals surface area contributed by atoms with Crippen molar-refractivity contribution in [3.05, 3.63) is 66.2 Å². The quantitative estimate of drug-likeness (QED) is 0.259. The van der Waals surface area contributed by atoms with E-state index in [-0.39, 0.29) is 5.88 Å². The molecule has 0 aliphatic carbocycles. The normalized spacial score (nSPS) is 11.1. The van der Waals surface area contributed by atoms with Crippen LogP contribution >= 0.6 is 11.7 Å². The van der Waals surface area contributed by atoms with Crippen molar-refractivity contribution in [2.24, 2.45) is 0 Å². The molecule has 5 rings (SSSR count). The molecule has 0 fully saturated rings. The second kappa shape index (κ2) is 9.63. The van der Waals surface area contributed by atoms with Gasteiger partial charge in [0.05, 0.1) is 43.1 Å². The summed E-state index contributed by atoms with van der Waals surface area (Å²) in [5.41, 5.74) is 4.87. The van der Waals surface area contributed by atoms with Crippen molar-refractivity contribution < 1.29 is 24.1 Å². The molecule has 5 aromatic rings. The first-order valence-electron chi connectivity index (χ1n) is 11.1.